The van der Waals surface area contributed by atoms with Gasteiger partial charge in [0, 0.05) is 19.1 Å². The van der Waals surface area contributed by atoms with Gasteiger partial charge < -0.3 is 15.0 Å². The largest absolute Gasteiger partial charge is 0.497 e. The van der Waals surface area contributed by atoms with Crippen LogP contribution in [0.25, 0.3) is 0 Å². The topological polar surface area (TPSA) is 24.5 Å². The molecular formula is C17H26N2O. The highest BCUT2D eigenvalue weighted by molar-refractivity contribution is 5.39. The summed E-state index contributed by atoms with van der Waals surface area (Å²) in [5, 5.41) is 3.76. The normalized spacial score (nSPS) is 22.8. The summed E-state index contributed by atoms with van der Waals surface area (Å²) in [6.07, 6.45) is 6.51. The first kappa shape index (κ1) is 13.9. The summed E-state index contributed by atoms with van der Waals surface area (Å²) in [6, 6.07) is 7.06. The zero-order valence-corrected chi connectivity index (χ0v) is 12.5. The lowest BCUT2D eigenvalue weighted by Crippen LogP contribution is -2.33. The fourth-order valence-corrected chi connectivity index (χ4v) is 3.52. The Morgan fingerprint density at radius 2 is 2.10 bits per heavy atom. The fraction of sp³-hybridized carbons (Fsp3) is 0.647. The van der Waals surface area contributed by atoms with Gasteiger partial charge in [-0.2, -0.15) is 0 Å². The molecule has 1 saturated heterocycles. The Balaban J connectivity index is 1.60. The number of nitrogens with one attached hydrogen (secondary N) is 1. The van der Waals surface area contributed by atoms with Crippen LogP contribution in [-0.4, -0.2) is 38.2 Å². The first-order valence-corrected chi connectivity index (χ1v) is 7.99. The predicted molar refractivity (Wildman–Crippen MR) is 82.3 cm³/mol. The Labute approximate surface area is 122 Å². The number of fused-ring (bicyclic) bond motifs is 1. The molecule has 1 N–H and O–H groups in total. The Morgan fingerprint density at radius 3 is 2.90 bits per heavy atom. The predicted octanol–water partition coefficient (Wildman–Crippen LogP) is 2.76. The van der Waals surface area contributed by atoms with Crippen molar-refractivity contribution >= 4 is 0 Å². The van der Waals surface area contributed by atoms with Crippen LogP contribution in [0.3, 0.4) is 0 Å². The molecule has 3 heteroatoms. The van der Waals surface area contributed by atoms with Gasteiger partial charge >= 0.3 is 0 Å². The molecule has 1 fully saturated rings. The second kappa shape index (κ2) is 6.59. The van der Waals surface area contributed by atoms with Gasteiger partial charge in [0.2, 0.25) is 0 Å². The van der Waals surface area contributed by atoms with E-state index in [0.717, 1.165) is 12.3 Å². The van der Waals surface area contributed by atoms with E-state index < -0.39 is 0 Å². The second-order valence-electron chi connectivity index (χ2n) is 6.01. The van der Waals surface area contributed by atoms with E-state index in [4.69, 9.17) is 4.74 Å². The quantitative estimate of drug-likeness (QED) is 0.893. The maximum atomic E-state index is 5.38. The standard InChI is InChI=1S/C17H26N2O/c1-20-15-8-7-14-5-4-6-17(16(14)13-15)18-9-12-19-10-2-3-11-19/h7-8,13,17-18H,2-6,9-12H2,1H3. The van der Waals surface area contributed by atoms with Crippen molar-refractivity contribution in [1.29, 1.82) is 0 Å². The molecule has 1 unspecified atom stereocenters. The third kappa shape index (κ3) is 3.15. The van der Waals surface area contributed by atoms with Gasteiger partial charge in [0.25, 0.3) is 0 Å². The van der Waals surface area contributed by atoms with Crippen LogP contribution in [0.1, 0.15) is 42.9 Å². The van der Waals surface area contributed by atoms with Crippen LogP contribution in [0.15, 0.2) is 18.2 Å². The first-order chi connectivity index (χ1) is 9.86. The van der Waals surface area contributed by atoms with Crippen LogP contribution in [0.4, 0.5) is 0 Å². The molecule has 1 aromatic rings. The second-order valence-corrected chi connectivity index (χ2v) is 6.01. The number of likely N-dealkylation sites (tertiary alicyclic amines) is 1. The van der Waals surface area contributed by atoms with E-state index in [1.54, 1.807) is 7.11 Å². The van der Waals surface area contributed by atoms with Gasteiger partial charge in [-0.15, -0.1) is 0 Å². The van der Waals surface area contributed by atoms with Crippen molar-refractivity contribution in [3.63, 3.8) is 0 Å². The van der Waals surface area contributed by atoms with Crippen molar-refractivity contribution in [1.82, 2.24) is 10.2 Å². The molecule has 110 valence electrons. The molecule has 1 aliphatic heterocycles. The Kier molecular flexibility index (Phi) is 4.58. The molecule has 0 spiro atoms. The Hall–Kier alpha value is -1.06. The average molecular weight is 274 g/mol. The minimum absolute atomic E-state index is 0.511. The summed E-state index contributed by atoms with van der Waals surface area (Å²) in [7, 11) is 1.75. The maximum absolute atomic E-state index is 5.38. The first-order valence-electron chi connectivity index (χ1n) is 7.99. The van der Waals surface area contributed by atoms with Crippen molar-refractivity contribution in [2.45, 2.75) is 38.1 Å². The molecule has 20 heavy (non-hydrogen) atoms. The smallest absolute Gasteiger partial charge is 0.119 e. The van der Waals surface area contributed by atoms with E-state index in [1.807, 2.05) is 0 Å². The zero-order chi connectivity index (χ0) is 13.8. The summed E-state index contributed by atoms with van der Waals surface area (Å²) >= 11 is 0. The molecule has 3 nitrogen and oxygen atoms in total. The molecule has 2 aliphatic rings. The monoisotopic (exact) mass is 274 g/mol. The molecule has 0 radical (unpaired) electrons. The van der Waals surface area contributed by atoms with E-state index in [9.17, 15) is 0 Å². The SMILES string of the molecule is COc1ccc2c(c1)C(NCCN1CCCC1)CCC2. The van der Waals surface area contributed by atoms with Gasteiger partial charge in [-0.05, 0) is 68.5 Å². The lowest BCUT2D eigenvalue weighted by molar-refractivity contribution is 0.322. The van der Waals surface area contributed by atoms with Crippen molar-refractivity contribution in [2.24, 2.45) is 0 Å². The van der Waals surface area contributed by atoms with Crippen LogP contribution in [0.5, 0.6) is 5.75 Å². The summed E-state index contributed by atoms with van der Waals surface area (Å²) in [4.78, 5) is 2.57. The highest BCUT2D eigenvalue weighted by atomic mass is 16.5. The molecule has 0 saturated carbocycles. The van der Waals surface area contributed by atoms with Crippen LogP contribution in [0.2, 0.25) is 0 Å². The van der Waals surface area contributed by atoms with Crippen LogP contribution < -0.4 is 10.1 Å². The number of hydrogen-bond donors (Lipinski definition) is 1. The van der Waals surface area contributed by atoms with Gasteiger partial charge in [0.1, 0.15) is 5.75 Å². The van der Waals surface area contributed by atoms with Crippen molar-refractivity contribution in [3.05, 3.63) is 29.3 Å². The van der Waals surface area contributed by atoms with E-state index >= 15 is 0 Å². The zero-order valence-electron chi connectivity index (χ0n) is 12.5. The molecule has 1 atom stereocenters. The molecule has 3 rings (SSSR count). The summed E-state index contributed by atoms with van der Waals surface area (Å²) in [5.74, 6) is 0.983. The number of benzene rings is 1. The van der Waals surface area contributed by atoms with Crippen molar-refractivity contribution in [2.75, 3.05) is 33.3 Å². The molecule has 1 heterocycles. The third-order valence-electron chi connectivity index (χ3n) is 4.68. The van der Waals surface area contributed by atoms with Gasteiger partial charge in [-0.3, -0.25) is 0 Å². The molecule has 1 aliphatic carbocycles. The Morgan fingerprint density at radius 1 is 1.25 bits per heavy atom. The van der Waals surface area contributed by atoms with Crippen LogP contribution in [0, 0.1) is 0 Å². The van der Waals surface area contributed by atoms with E-state index in [2.05, 4.69) is 28.4 Å². The minimum Gasteiger partial charge on any atom is -0.497 e. The van der Waals surface area contributed by atoms with Crippen LogP contribution >= 0.6 is 0 Å². The maximum Gasteiger partial charge on any atom is 0.119 e. The number of hydrogen-bond acceptors (Lipinski definition) is 3. The molecule has 0 aromatic heterocycles. The van der Waals surface area contributed by atoms with Gasteiger partial charge in [0.05, 0.1) is 7.11 Å². The average Bonchev–Trinajstić information content (AvgIpc) is 3.00. The fourth-order valence-electron chi connectivity index (χ4n) is 3.52. The summed E-state index contributed by atoms with van der Waals surface area (Å²) in [6.45, 7) is 4.87. The highest BCUT2D eigenvalue weighted by Crippen LogP contribution is 2.32. The Bertz CT molecular complexity index is 441. The lowest BCUT2D eigenvalue weighted by Gasteiger charge is -2.28. The molecule has 0 bridgehead atoms. The third-order valence-corrected chi connectivity index (χ3v) is 4.68. The number of nitrogens with zero attached hydrogens (tertiary/aromatic N) is 1. The highest BCUT2D eigenvalue weighted by Gasteiger charge is 2.20. The van der Waals surface area contributed by atoms with Gasteiger partial charge in [-0.25, -0.2) is 0 Å². The number of methoxy groups -OCH3 is 1. The molecular weight excluding hydrogens is 248 g/mol. The lowest BCUT2D eigenvalue weighted by atomic mass is 9.87. The van der Waals surface area contributed by atoms with Crippen LogP contribution in [-0.2, 0) is 6.42 Å². The van der Waals surface area contributed by atoms with Crippen molar-refractivity contribution < 1.29 is 4.74 Å². The van der Waals surface area contributed by atoms with E-state index in [-0.39, 0.29) is 0 Å². The summed E-state index contributed by atoms with van der Waals surface area (Å²) in [5.41, 5.74) is 2.95. The van der Waals surface area contributed by atoms with Gasteiger partial charge in [0.15, 0.2) is 0 Å². The number of ether oxygens (including phenoxy) is 1. The number of aryl methyl sites for hydroxylation is 1. The van der Waals surface area contributed by atoms with E-state index in [0.29, 0.717) is 6.04 Å². The van der Waals surface area contributed by atoms with E-state index in [1.165, 1.54) is 62.9 Å². The number of rotatable bonds is 5. The minimum atomic E-state index is 0.511. The molecule has 0 amide bonds. The van der Waals surface area contributed by atoms with Crippen molar-refractivity contribution in [3.8, 4) is 5.75 Å². The van der Waals surface area contributed by atoms with Gasteiger partial charge in [-0.1, -0.05) is 6.07 Å². The molecule has 1 aromatic carbocycles. The summed E-state index contributed by atoms with van der Waals surface area (Å²) < 4.78 is 5.38.